The maximum absolute atomic E-state index is 12.8. The lowest BCUT2D eigenvalue weighted by Gasteiger charge is -2.46. The van der Waals surface area contributed by atoms with Crippen molar-refractivity contribution in [3.05, 3.63) is 36.5 Å². The molecule has 9 aliphatic heterocycles. The van der Waals surface area contributed by atoms with Gasteiger partial charge in [-0.25, -0.2) is 5.06 Å². The highest BCUT2D eigenvalue weighted by Crippen LogP contribution is 2.43. The van der Waals surface area contributed by atoms with Crippen LogP contribution in [0.5, 0.6) is 0 Å². The molecule has 0 radical (unpaired) electrons. The Bertz CT molecular complexity index is 3800. The van der Waals surface area contributed by atoms with Crippen LogP contribution in [0, 0.1) is 17.8 Å². The molecule has 0 aromatic rings. The van der Waals surface area contributed by atoms with Gasteiger partial charge in [-0.3, -0.25) is 10.0 Å². The lowest BCUT2D eigenvalue weighted by Crippen LogP contribution is -2.64. The van der Waals surface area contributed by atoms with Gasteiger partial charge in [-0.15, -0.1) is 0 Å². The van der Waals surface area contributed by atoms with Crippen molar-refractivity contribution in [2.45, 2.75) is 371 Å². The van der Waals surface area contributed by atoms with E-state index in [1.54, 1.807) is 24.3 Å². The fourth-order valence-corrected chi connectivity index (χ4v) is 19.9. The number of rotatable bonds is 50. The van der Waals surface area contributed by atoms with E-state index in [0.29, 0.717) is 83.2 Å². The first-order valence-corrected chi connectivity index (χ1v) is 50.9. The second-order valence-electron chi connectivity index (χ2n) is 39.4. The number of hydrogen-bond donors (Lipinski definition) is 38. The Morgan fingerprint density at radius 3 is 0.918 bits per heavy atom. The standard InChI is InChI=1S/C30H58N8O13.C30H58N6O13.C29H56N6O12/c31-4-1-6-37-11-14-2-3-15(34)28(46-14)49-25-16(35)8-13(9-19(40)38(45)7-5-32)21(41)27(25)51-30-24(44)26(18(12-39)48-30)50-29-20(36)23(43)22(42)17(10-33)47-29;31-6-1-7-36-10-15-4-5-16(33)28(44-15)47-25-17(34)8-13(2-3-14(39)11-37)21(40)27(25)49-30-24(43)26(19(12-38)46-30)48-29-20(35)23(42)22(41)18(9-32)45-29;30-6-2-7-35-11-14-4-5-15(32)27(42-14)45-24-16(33)9-13(3-1-8-36)20(38)26(24)47-29-23(41)25(18(12-37)44-29)46-28-19(34)22(40)21(39)17(10-31)43-28/h2-3,13-18,20-30,37,39,41-45H,1,4-12,31-36H2;4-5,13-30,36-43H,1-3,6-12,31-35H2;4-5,13-29,35-41H,1-3,6-12,30-34H2/t13-,14-,15+,16-,17-,18+,20+,21-,22+,23+,24+,25+,26+,27+,28+,29+,30-;13-,14?,15+,16-,17+,18+,19-,20-,21+,22-,23-,24-,25-,26-,27-,28-,29-,30+;13-,14+,15-,16+,17+,18-,19-,20+,21-,22-,23-,24-,25-,26-,27-,28-,29+/m011/s1. The van der Waals surface area contributed by atoms with E-state index in [1.807, 2.05) is 12.2 Å². The molecule has 58 heteroatoms. The van der Waals surface area contributed by atoms with Gasteiger partial charge in [0.25, 0.3) is 0 Å². The maximum atomic E-state index is 12.8. The van der Waals surface area contributed by atoms with Crippen LogP contribution in [0.25, 0.3) is 0 Å². The van der Waals surface area contributed by atoms with Crippen molar-refractivity contribution >= 4 is 5.91 Å². The minimum Gasteiger partial charge on any atom is -0.396 e. The molecule has 0 bridgehead atoms. The number of hydroxylamine groups is 2. The molecule has 12 rings (SSSR count). The Labute approximate surface area is 852 Å². The number of carbonyl (C=O) groups is 1. The molecule has 54 N–H and O–H groups in total. The molecule has 9 heterocycles. The molecule has 58 nitrogen and oxygen atoms in total. The molecule has 9 fully saturated rings. The number of hydrogen-bond acceptors (Lipinski definition) is 57. The Hall–Kier alpha value is -3.55. The summed E-state index contributed by atoms with van der Waals surface area (Å²) in [5.41, 5.74) is 96.1. The molecule has 12 aliphatic rings. The summed E-state index contributed by atoms with van der Waals surface area (Å²) < 4.78 is 108. The van der Waals surface area contributed by atoms with Gasteiger partial charge in [0.15, 0.2) is 56.6 Å². The Kier molecular flexibility index (Phi) is 52.3. The lowest BCUT2D eigenvalue weighted by atomic mass is 9.77. The third kappa shape index (κ3) is 33.1. The van der Waals surface area contributed by atoms with E-state index < -0.39 is 332 Å². The third-order valence-electron chi connectivity index (χ3n) is 28.5. The number of aliphatic hydroxyl groups is 18. The van der Waals surface area contributed by atoms with Gasteiger partial charge in [0.2, 0.25) is 5.91 Å². The average molecular weight is 2130 g/mol. The average Bonchev–Trinajstić information content (AvgIpc) is 1.72. The van der Waals surface area contributed by atoms with Crippen molar-refractivity contribution in [3.63, 3.8) is 0 Å². The van der Waals surface area contributed by atoms with Crippen molar-refractivity contribution in [1.29, 1.82) is 0 Å². The molecule has 0 spiro atoms. The highest BCUT2D eigenvalue weighted by Gasteiger charge is 2.60. The monoisotopic (exact) mass is 2130 g/mol. The second-order valence-corrected chi connectivity index (χ2v) is 39.4. The number of carbonyl (C=O) groups excluding carboxylic acids is 1. The number of ether oxygens (including phenoxy) is 18. The van der Waals surface area contributed by atoms with E-state index in [9.17, 15) is 102 Å². The summed E-state index contributed by atoms with van der Waals surface area (Å²) >= 11 is 0. The molecule has 3 aliphatic carbocycles. The van der Waals surface area contributed by atoms with Crippen molar-refractivity contribution < 1.29 is 187 Å². The predicted molar refractivity (Wildman–Crippen MR) is 511 cm³/mol. The van der Waals surface area contributed by atoms with E-state index in [0.717, 1.165) is 19.3 Å². The van der Waals surface area contributed by atoms with Crippen LogP contribution in [-0.4, -0.2) is 533 Å². The molecular formula is C89H172N20O38. The Morgan fingerprint density at radius 1 is 0.333 bits per heavy atom. The zero-order valence-corrected chi connectivity index (χ0v) is 82.6. The summed E-state index contributed by atoms with van der Waals surface area (Å²) in [6, 6.07) is -8.05. The van der Waals surface area contributed by atoms with Crippen LogP contribution in [0.3, 0.4) is 0 Å². The minimum absolute atomic E-state index is 0.00559. The van der Waals surface area contributed by atoms with Crippen molar-refractivity contribution in [2.75, 3.05) is 125 Å². The Balaban J connectivity index is 0.000000226. The highest BCUT2D eigenvalue weighted by atomic mass is 16.8. The molecule has 1 unspecified atom stereocenters. The van der Waals surface area contributed by atoms with Crippen LogP contribution in [-0.2, 0) is 90.1 Å². The molecule has 6 saturated heterocycles. The summed E-state index contributed by atoms with van der Waals surface area (Å²) in [5.74, 6) is -2.44. The van der Waals surface area contributed by atoms with E-state index in [1.165, 1.54) is 0 Å². The SMILES string of the molecule is NCCCNC[C@@H]1C=C[C@@H](N)[C@@H](O[C@H]2[C@H](O[C@@H]3O[C@H](CO)[C@@H](O[C@H]4O[C@@H](CN)[C@@H](O)[C@H](O)[C@H]4N)[C@H]3O)[C@@H](O)[C@H](CC(=O)N(O)CCN)C[C@@H]2N)O1.NCCCNC[C@@H]1C=C[C@@H](N)[C@@H](O[C@H]2[C@H](O[C@@H]3O[C@H](CO)[C@@H](O[C@H]4O[C@@H](CN)[C@@H](O)[C@H](O)[C@H]4N)[C@H]3O)[C@@H](O)[C@H](CCC(O)CO)C[C@@H]2N)O1.NCCCNC[C@@H]1C=C[C@@H](N)[C@@H](O[C@H]2[C@H](O[C@@H]3O[C@H](CO)[C@@H](O[C@H]4O[C@@H](CN)[C@@H](O)[C@H](O)[C@H]4N)[C@H]3O)[C@@H](O)[C@H](CCCO)C[C@@H]2N)O1. The zero-order valence-electron chi connectivity index (χ0n) is 82.6. The largest absolute Gasteiger partial charge is 0.396 e. The molecule has 856 valence electrons. The molecule has 1 amide bonds. The first kappa shape index (κ1) is 125. The quantitative estimate of drug-likeness (QED) is 0.0116. The predicted octanol–water partition coefficient (Wildman–Crippen LogP) is -19.9. The van der Waals surface area contributed by atoms with E-state index in [4.69, 9.17) is 177 Å². The van der Waals surface area contributed by atoms with Gasteiger partial charge in [-0.2, -0.15) is 0 Å². The number of nitrogens with one attached hydrogen (secondary N) is 3. The van der Waals surface area contributed by atoms with Gasteiger partial charge in [0, 0.05) is 77.0 Å². The van der Waals surface area contributed by atoms with Crippen LogP contribution in [0.1, 0.15) is 70.6 Å². The molecule has 52 atom stereocenters. The molecule has 0 aromatic carbocycles. The van der Waals surface area contributed by atoms with Crippen LogP contribution in [0.2, 0.25) is 0 Å². The van der Waals surface area contributed by atoms with Crippen LogP contribution < -0.4 is 108 Å². The van der Waals surface area contributed by atoms with Crippen molar-refractivity contribution in [1.82, 2.24) is 21.0 Å². The highest BCUT2D eigenvalue weighted by molar-refractivity contribution is 5.75. The van der Waals surface area contributed by atoms with Crippen molar-refractivity contribution in [3.8, 4) is 0 Å². The van der Waals surface area contributed by atoms with Crippen LogP contribution in [0.15, 0.2) is 36.5 Å². The summed E-state index contributed by atoms with van der Waals surface area (Å²) in [5, 5.41) is 210. The fraction of sp³-hybridized carbons (Fsp3) is 0.921. The summed E-state index contributed by atoms with van der Waals surface area (Å²) in [6.45, 7) is 2.11. The molecule has 147 heavy (non-hydrogen) atoms. The van der Waals surface area contributed by atoms with E-state index in [2.05, 4.69) is 16.0 Å². The molecule has 3 saturated carbocycles. The topological polar surface area (TPSA) is 1020 Å². The zero-order chi connectivity index (χ0) is 107. The second kappa shape index (κ2) is 61.4. The smallest absolute Gasteiger partial charge is 0.246 e. The number of aliphatic hydroxyl groups excluding tert-OH is 18. The van der Waals surface area contributed by atoms with Crippen molar-refractivity contribution in [2.24, 2.45) is 109 Å². The van der Waals surface area contributed by atoms with Gasteiger partial charge in [0.1, 0.15) is 146 Å². The van der Waals surface area contributed by atoms with Gasteiger partial charge >= 0.3 is 0 Å². The first-order valence-electron chi connectivity index (χ1n) is 50.9. The fourth-order valence-electron chi connectivity index (χ4n) is 19.9. The van der Waals surface area contributed by atoms with Crippen LogP contribution in [0.4, 0.5) is 0 Å². The number of nitrogens with zero attached hydrogens (tertiary/aromatic N) is 1. The third-order valence-corrected chi connectivity index (χ3v) is 28.5. The van der Waals surface area contributed by atoms with Gasteiger partial charge < -0.3 is 285 Å². The Morgan fingerprint density at radius 2 is 0.626 bits per heavy atom. The minimum atomic E-state index is -1.64. The normalized spacial score (nSPS) is 44.6. The van der Waals surface area contributed by atoms with Gasteiger partial charge in [0.05, 0.1) is 112 Å². The van der Waals surface area contributed by atoms with E-state index >= 15 is 0 Å². The first-order chi connectivity index (χ1) is 70.3. The number of amides is 1. The van der Waals surface area contributed by atoms with E-state index in [-0.39, 0.29) is 89.6 Å². The summed E-state index contributed by atoms with van der Waals surface area (Å²) in [4.78, 5) is 12.8. The summed E-state index contributed by atoms with van der Waals surface area (Å²) in [7, 11) is 0. The van der Waals surface area contributed by atoms with Gasteiger partial charge in [-0.05, 0) is 121 Å². The van der Waals surface area contributed by atoms with Crippen LogP contribution >= 0.6 is 0 Å². The number of nitrogens with two attached hydrogens (primary N) is 16. The van der Waals surface area contributed by atoms with Gasteiger partial charge in [-0.1, -0.05) is 36.5 Å². The molecular weight excluding hydrogens is 1960 g/mol. The maximum Gasteiger partial charge on any atom is 0.246 e. The summed E-state index contributed by atoms with van der Waals surface area (Å²) in [6.07, 6.45) is -33.3. The lowest BCUT2D eigenvalue weighted by molar-refractivity contribution is -0.286. The molecule has 0 aromatic heterocycles.